The molecule has 4 nitrogen and oxygen atoms in total. The highest BCUT2D eigenvalue weighted by Gasteiger charge is 2.09. The summed E-state index contributed by atoms with van der Waals surface area (Å²) in [6, 6.07) is 14.2. The molecule has 0 spiro atoms. The SMILES string of the molecule is Cc1cccc(CNC(=O)c2cncc(Nc3c(C)cc(C)cc3C)c2)c1. The van der Waals surface area contributed by atoms with E-state index in [4.69, 9.17) is 0 Å². The van der Waals surface area contributed by atoms with Crippen LogP contribution in [0.1, 0.15) is 38.2 Å². The van der Waals surface area contributed by atoms with Crippen LogP contribution in [0.3, 0.4) is 0 Å². The van der Waals surface area contributed by atoms with Crippen LogP contribution < -0.4 is 10.6 Å². The maximum atomic E-state index is 12.5. The lowest BCUT2D eigenvalue weighted by Crippen LogP contribution is -2.23. The van der Waals surface area contributed by atoms with Crippen molar-refractivity contribution < 1.29 is 4.79 Å². The summed E-state index contributed by atoms with van der Waals surface area (Å²) in [5, 5.41) is 6.36. The van der Waals surface area contributed by atoms with Gasteiger partial charge in [0.1, 0.15) is 0 Å². The lowest BCUT2D eigenvalue weighted by Gasteiger charge is -2.14. The number of benzene rings is 2. The summed E-state index contributed by atoms with van der Waals surface area (Å²) in [4.78, 5) is 16.7. The number of carbonyl (C=O) groups is 1. The van der Waals surface area contributed by atoms with Crippen molar-refractivity contribution in [3.8, 4) is 0 Å². The minimum absolute atomic E-state index is 0.134. The zero-order valence-corrected chi connectivity index (χ0v) is 16.3. The fourth-order valence-corrected chi connectivity index (χ4v) is 3.26. The van der Waals surface area contributed by atoms with E-state index in [1.165, 1.54) is 22.3 Å². The summed E-state index contributed by atoms with van der Waals surface area (Å²) < 4.78 is 0. The molecule has 0 bridgehead atoms. The second-order valence-corrected chi connectivity index (χ2v) is 7.03. The van der Waals surface area contributed by atoms with Crippen LogP contribution in [-0.2, 0) is 6.54 Å². The molecule has 1 heterocycles. The van der Waals surface area contributed by atoms with Crippen molar-refractivity contribution >= 4 is 17.3 Å². The Labute approximate surface area is 160 Å². The van der Waals surface area contributed by atoms with Gasteiger partial charge in [-0.1, -0.05) is 47.5 Å². The number of amides is 1. The quantitative estimate of drug-likeness (QED) is 0.675. The molecule has 1 aromatic heterocycles. The van der Waals surface area contributed by atoms with E-state index in [1.54, 1.807) is 12.4 Å². The first-order chi connectivity index (χ1) is 12.9. The topological polar surface area (TPSA) is 54.0 Å². The molecule has 3 aromatic rings. The first-order valence-electron chi connectivity index (χ1n) is 9.06. The van der Waals surface area contributed by atoms with Gasteiger partial charge in [-0.15, -0.1) is 0 Å². The second-order valence-electron chi connectivity index (χ2n) is 7.03. The number of nitrogens with zero attached hydrogens (tertiary/aromatic N) is 1. The maximum Gasteiger partial charge on any atom is 0.253 e. The Morgan fingerprint density at radius 3 is 2.37 bits per heavy atom. The molecule has 1 amide bonds. The molecular formula is C23H25N3O. The molecule has 4 heteroatoms. The van der Waals surface area contributed by atoms with Crippen LogP contribution in [0, 0.1) is 27.7 Å². The van der Waals surface area contributed by atoms with Gasteiger partial charge in [0.05, 0.1) is 17.4 Å². The van der Waals surface area contributed by atoms with Gasteiger partial charge in [0.2, 0.25) is 0 Å². The minimum atomic E-state index is -0.134. The molecule has 2 aromatic carbocycles. The number of aromatic nitrogens is 1. The maximum absolute atomic E-state index is 12.5. The lowest BCUT2D eigenvalue weighted by atomic mass is 10.0. The van der Waals surface area contributed by atoms with Crippen molar-refractivity contribution in [2.75, 3.05) is 5.32 Å². The molecule has 27 heavy (non-hydrogen) atoms. The molecule has 0 saturated carbocycles. The molecule has 138 valence electrons. The number of pyridine rings is 1. The van der Waals surface area contributed by atoms with E-state index in [-0.39, 0.29) is 5.91 Å². The Morgan fingerprint density at radius 1 is 0.926 bits per heavy atom. The van der Waals surface area contributed by atoms with E-state index in [9.17, 15) is 4.79 Å². The molecule has 0 fully saturated rings. The molecule has 0 unspecified atom stereocenters. The van der Waals surface area contributed by atoms with Crippen LogP contribution in [0.5, 0.6) is 0 Å². The first-order valence-corrected chi connectivity index (χ1v) is 9.06. The standard InChI is InChI=1S/C23H25N3O/c1-15-6-5-7-19(10-15)12-25-23(27)20-11-21(14-24-13-20)26-22-17(3)8-16(2)9-18(22)4/h5-11,13-14,26H,12H2,1-4H3,(H,25,27). The van der Waals surface area contributed by atoms with Gasteiger partial charge < -0.3 is 10.6 Å². The van der Waals surface area contributed by atoms with Crippen LogP contribution in [0.25, 0.3) is 0 Å². The number of aryl methyl sites for hydroxylation is 4. The van der Waals surface area contributed by atoms with Gasteiger partial charge in [0.15, 0.2) is 0 Å². The van der Waals surface area contributed by atoms with E-state index < -0.39 is 0 Å². The van der Waals surface area contributed by atoms with E-state index >= 15 is 0 Å². The van der Waals surface area contributed by atoms with E-state index in [2.05, 4.69) is 54.6 Å². The average Bonchev–Trinajstić information content (AvgIpc) is 2.63. The van der Waals surface area contributed by atoms with Crippen LogP contribution >= 0.6 is 0 Å². The molecule has 0 aliphatic rings. The fourth-order valence-electron chi connectivity index (χ4n) is 3.26. The van der Waals surface area contributed by atoms with Crippen LogP contribution in [0.4, 0.5) is 11.4 Å². The number of rotatable bonds is 5. The van der Waals surface area contributed by atoms with Crippen LogP contribution in [0.15, 0.2) is 54.9 Å². The predicted molar refractivity (Wildman–Crippen MR) is 111 cm³/mol. The van der Waals surface area contributed by atoms with Crippen molar-refractivity contribution in [1.82, 2.24) is 10.3 Å². The molecule has 3 rings (SSSR count). The van der Waals surface area contributed by atoms with E-state index in [0.29, 0.717) is 12.1 Å². The third-order valence-corrected chi connectivity index (χ3v) is 4.48. The highest BCUT2D eigenvalue weighted by atomic mass is 16.1. The van der Waals surface area contributed by atoms with Gasteiger partial charge >= 0.3 is 0 Å². The molecule has 0 radical (unpaired) electrons. The van der Waals surface area contributed by atoms with Gasteiger partial charge in [0, 0.05) is 18.4 Å². The van der Waals surface area contributed by atoms with Crippen LogP contribution in [-0.4, -0.2) is 10.9 Å². The molecule has 0 aliphatic heterocycles. The summed E-state index contributed by atoms with van der Waals surface area (Å²) in [5.74, 6) is -0.134. The monoisotopic (exact) mass is 359 g/mol. The normalized spacial score (nSPS) is 10.5. The molecule has 0 aliphatic carbocycles. The zero-order valence-electron chi connectivity index (χ0n) is 16.3. The third-order valence-electron chi connectivity index (χ3n) is 4.48. The Bertz CT molecular complexity index is 956. The largest absolute Gasteiger partial charge is 0.354 e. The van der Waals surface area contributed by atoms with Crippen LogP contribution in [0.2, 0.25) is 0 Å². The molecular weight excluding hydrogens is 334 g/mol. The summed E-state index contributed by atoms with van der Waals surface area (Å²) in [5.41, 5.74) is 8.22. The molecule has 0 atom stereocenters. The van der Waals surface area contributed by atoms with Gasteiger partial charge in [-0.2, -0.15) is 0 Å². The van der Waals surface area contributed by atoms with Crippen molar-refractivity contribution in [2.24, 2.45) is 0 Å². The number of hydrogen-bond donors (Lipinski definition) is 2. The predicted octanol–water partition coefficient (Wildman–Crippen LogP) is 4.99. The smallest absolute Gasteiger partial charge is 0.253 e. The van der Waals surface area contributed by atoms with E-state index in [1.807, 2.05) is 31.2 Å². The van der Waals surface area contributed by atoms with Gasteiger partial charge in [-0.3, -0.25) is 9.78 Å². The number of hydrogen-bond acceptors (Lipinski definition) is 3. The Hall–Kier alpha value is -3.14. The molecule has 0 saturated heterocycles. The minimum Gasteiger partial charge on any atom is -0.354 e. The lowest BCUT2D eigenvalue weighted by molar-refractivity contribution is 0.0950. The second kappa shape index (κ2) is 8.04. The van der Waals surface area contributed by atoms with Crippen molar-refractivity contribution in [2.45, 2.75) is 34.2 Å². The summed E-state index contributed by atoms with van der Waals surface area (Å²) >= 11 is 0. The Kier molecular flexibility index (Phi) is 5.55. The Balaban J connectivity index is 1.72. The highest BCUT2D eigenvalue weighted by Crippen LogP contribution is 2.26. The third kappa shape index (κ3) is 4.73. The van der Waals surface area contributed by atoms with Crippen molar-refractivity contribution in [1.29, 1.82) is 0 Å². The molecule has 2 N–H and O–H groups in total. The van der Waals surface area contributed by atoms with Gasteiger partial charge in [-0.25, -0.2) is 0 Å². The average molecular weight is 359 g/mol. The number of anilines is 2. The van der Waals surface area contributed by atoms with Crippen molar-refractivity contribution in [3.05, 3.63) is 88.2 Å². The first kappa shape index (κ1) is 18.6. The fraction of sp³-hybridized carbons (Fsp3) is 0.217. The Morgan fingerprint density at radius 2 is 1.67 bits per heavy atom. The summed E-state index contributed by atoms with van der Waals surface area (Å²) in [6.45, 7) is 8.78. The van der Waals surface area contributed by atoms with Gasteiger partial charge in [0.25, 0.3) is 5.91 Å². The zero-order chi connectivity index (χ0) is 19.4. The van der Waals surface area contributed by atoms with Crippen molar-refractivity contribution in [3.63, 3.8) is 0 Å². The number of nitrogens with one attached hydrogen (secondary N) is 2. The summed E-state index contributed by atoms with van der Waals surface area (Å²) in [7, 11) is 0. The summed E-state index contributed by atoms with van der Waals surface area (Å²) in [6.07, 6.45) is 3.32. The van der Waals surface area contributed by atoms with E-state index in [0.717, 1.165) is 16.9 Å². The highest BCUT2D eigenvalue weighted by molar-refractivity contribution is 5.94. The van der Waals surface area contributed by atoms with Gasteiger partial charge in [-0.05, 0) is 50.5 Å². The number of carbonyl (C=O) groups excluding carboxylic acids is 1.